The number of nitrogens with two attached hydrogens (primary N) is 1. The molecule has 102 valence electrons. The molecule has 18 heavy (non-hydrogen) atoms. The molecule has 1 amide bonds. The van der Waals surface area contributed by atoms with Crippen LogP contribution >= 0.6 is 11.3 Å². The second kappa shape index (κ2) is 6.58. The van der Waals surface area contributed by atoms with E-state index < -0.39 is 24.9 Å². The van der Waals surface area contributed by atoms with Crippen molar-refractivity contribution < 1.29 is 18.0 Å². The third-order valence-corrected chi connectivity index (χ3v) is 2.86. The molecule has 4 nitrogen and oxygen atoms in total. The average Bonchev–Trinajstić information content (AvgIpc) is 2.67. The Bertz CT molecular complexity index is 392. The number of alkyl halides is 3. The topological polar surface area (TPSA) is 68.0 Å². The van der Waals surface area contributed by atoms with E-state index in [-0.39, 0.29) is 0 Å². The van der Waals surface area contributed by atoms with E-state index in [4.69, 9.17) is 5.73 Å². The van der Waals surface area contributed by atoms with E-state index in [1.54, 1.807) is 0 Å². The fourth-order valence-corrected chi connectivity index (χ4v) is 1.88. The molecule has 0 saturated heterocycles. The van der Waals surface area contributed by atoms with Gasteiger partial charge in [-0.3, -0.25) is 4.79 Å². The maximum atomic E-state index is 11.8. The first-order chi connectivity index (χ1) is 8.37. The van der Waals surface area contributed by atoms with Gasteiger partial charge in [-0.15, -0.1) is 11.3 Å². The summed E-state index contributed by atoms with van der Waals surface area (Å²) in [5.41, 5.74) is 6.28. The van der Waals surface area contributed by atoms with E-state index >= 15 is 0 Å². The van der Waals surface area contributed by atoms with Crippen molar-refractivity contribution in [1.29, 1.82) is 0 Å². The first-order valence-electron chi connectivity index (χ1n) is 5.40. The van der Waals surface area contributed by atoms with Crippen LogP contribution in [0, 0.1) is 0 Å². The second-order valence-electron chi connectivity index (χ2n) is 3.75. The first kappa shape index (κ1) is 14.7. The number of halogens is 3. The van der Waals surface area contributed by atoms with Gasteiger partial charge in [-0.1, -0.05) is 0 Å². The molecule has 0 unspecified atom stereocenters. The van der Waals surface area contributed by atoms with Crippen molar-refractivity contribution >= 4 is 22.4 Å². The van der Waals surface area contributed by atoms with Gasteiger partial charge in [0.15, 0.2) is 5.13 Å². The molecule has 0 aliphatic heterocycles. The molecule has 0 fully saturated rings. The van der Waals surface area contributed by atoms with Gasteiger partial charge in [0.2, 0.25) is 5.91 Å². The molecule has 0 bridgehead atoms. The zero-order valence-electron chi connectivity index (χ0n) is 9.59. The van der Waals surface area contributed by atoms with Crippen molar-refractivity contribution in [2.45, 2.75) is 31.9 Å². The molecule has 1 aromatic heterocycles. The number of nitrogens with zero attached hydrogens (tertiary/aromatic N) is 1. The number of rotatable bonds is 6. The van der Waals surface area contributed by atoms with Gasteiger partial charge in [0.05, 0.1) is 12.1 Å². The van der Waals surface area contributed by atoms with Gasteiger partial charge in [0.1, 0.15) is 0 Å². The van der Waals surface area contributed by atoms with Crippen LogP contribution in [0.15, 0.2) is 5.38 Å². The van der Waals surface area contributed by atoms with E-state index in [9.17, 15) is 18.0 Å². The zero-order valence-corrected chi connectivity index (χ0v) is 10.4. The van der Waals surface area contributed by atoms with Gasteiger partial charge in [-0.2, -0.15) is 13.2 Å². The van der Waals surface area contributed by atoms with Crippen LogP contribution < -0.4 is 11.1 Å². The number of amides is 1. The molecule has 0 spiro atoms. The Morgan fingerprint density at radius 1 is 1.50 bits per heavy atom. The van der Waals surface area contributed by atoms with Crippen molar-refractivity contribution in [3.63, 3.8) is 0 Å². The second-order valence-corrected chi connectivity index (χ2v) is 4.64. The number of carbonyl (C=O) groups excluding carboxylic acids is 1. The van der Waals surface area contributed by atoms with Gasteiger partial charge in [-0.25, -0.2) is 4.98 Å². The number of hydrogen-bond donors (Lipinski definition) is 2. The fraction of sp³-hybridized carbons (Fsp3) is 0.600. The smallest absolute Gasteiger partial charge is 0.375 e. The predicted molar refractivity (Wildman–Crippen MR) is 63.1 cm³/mol. The first-order valence-corrected chi connectivity index (χ1v) is 6.28. The lowest BCUT2D eigenvalue weighted by Gasteiger charge is -2.06. The van der Waals surface area contributed by atoms with Crippen molar-refractivity contribution in [3.8, 4) is 0 Å². The summed E-state index contributed by atoms with van der Waals surface area (Å²) in [7, 11) is 0. The van der Waals surface area contributed by atoms with Crippen LogP contribution in [0.3, 0.4) is 0 Å². The Kier molecular flexibility index (Phi) is 5.39. The minimum atomic E-state index is -4.28. The summed E-state index contributed by atoms with van der Waals surface area (Å²) < 4.78 is 35.5. The van der Waals surface area contributed by atoms with E-state index in [1.165, 1.54) is 11.3 Å². The van der Waals surface area contributed by atoms with Crippen LogP contribution in [0.2, 0.25) is 0 Å². The summed E-state index contributed by atoms with van der Waals surface area (Å²) in [4.78, 5) is 15.1. The van der Waals surface area contributed by atoms with Gasteiger partial charge >= 0.3 is 6.18 Å². The lowest BCUT2D eigenvalue weighted by atomic mass is 10.2. The lowest BCUT2D eigenvalue weighted by Crippen LogP contribution is -2.26. The van der Waals surface area contributed by atoms with Crippen molar-refractivity contribution in [3.05, 3.63) is 11.1 Å². The van der Waals surface area contributed by atoms with Crippen molar-refractivity contribution in [2.75, 3.05) is 12.3 Å². The number of aromatic nitrogens is 1. The normalized spacial score (nSPS) is 11.5. The quantitative estimate of drug-likeness (QED) is 0.785. The lowest BCUT2D eigenvalue weighted by molar-refractivity contribution is -0.144. The Balaban J connectivity index is 2.09. The van der Waals surface area contributed by atoms with Gasteiger partial charge in [0.25, 0.3) is 0 Å². The molecule has 1 rings (SSSR count). The third kappa shape index (κ3) is 6.43. The summed E-state index contributed by atoms with van der Waals surface area (Å²) in [5, 5.41) is 4.74. The number of aryl methyl sites for hydroxylation is 1. The Morgan fingerprint density at radius 3 is 2.78 bits per heavy atom. The van der Waals surface area contributed by atoms with Crippen LogP contribution in [0.5, 0.6) is 0 Å². The highest BCUT2D eigenvalue weighted by Crippen LogP contribution is 2.20. The molecule has 1 aromatic rings. The van der Waals surface area contributed by atoms with Crippen LogP contribution in [0.1, 0.15) is 25.0 Å². The van der Waals surface area contributed by atoms with Crippen LogP contribution in [0.25, 0.3) is 0 Å². The molecule has 0 aromatic carbocycles. The van der Waals surface area contributed by atoms with Crippen molar-refractivity contribution in [2.24, 2.45) is 0 Å². The highest BCUT2D eigenvalue weighted by Gasteiger charge is 2.27. The Morgan fingerprint density at radius 2 is 2.22 bits per heavy atom. The molecule has 0 atom stereocenters. The van der Waals surface area contributed by atoms with Crippen molar-refractivity contribution in [1.82, 2.24) is 10.3 Å². The van der Waals surface area contributed by atoms with E-state index in [2.05, 4.69) is 10.3 Å². The van der Waals surface area contributed by atoms with Crippen LogP contribution in [-0.4, -0.2) is 23.6 Å². The monoisotopic (exact) mass is 281 g/mol. The summed E-state index contributed by atoms with van der Waals surface area (Å²) >= 11 is 1.33. The average molecular weight is 281 g/mol. The van der Waals surface area contributed by atoms with Gasteiger partial charge < -0.3 is 11.1 Å². The Hall–Kier alpha value is -1.31. The molecule has 0 saturated carbocycles. The number of nitrogens with one attached hydrogen (secondary N) is 1. The predicted octanol–water partition coefficient (Wildman–Crippen LogP) is 2.12. The van der Waals surface area contributed by atoms with E-state index in [1.807, 2.05) is 5.38 Å². The van der Waals surface area contributed by atoms with E-state index in [0.717, 1.165) is 5.69 Å². The maximum Gasteiger partial charge on any atom is 0.389 e. The summed E-state index contributed by atoms with van der Waals surface area (Å²) in [6.45, 7) is 0.341. The molecule has 0 radical (unpaired) electrons. The molecule has 0 aliphatic rings. The van der Waals surface area contributed by atoms with Crippen LogP contribution in [-0.2, 0) is 11.2 Å². The maximum absolute atomic E-state index is 11.8. The third-order valence-electron chi connectivity index (χ3n) is 2.14. The minimum absolute atomic E-state index is 0.341. The molecule has 8 heteroatoms. The number of nitrogen functional groups attached to an aromatic ring is 1. The van der Waals surface area contributed by atoms with E-state index in [0.29, 0.717) is 24.5 Å². The molecule has 1 heterocycles. The van der Waals surface area contributed by atoms with Crippen LogP contribution in [0.4, 0.5) is 18.3 Å². The molecule has 0 aliphatic carbocycles. The summed E-state index contributed by atoms with van der Waals surface area (Å²) in [6.07, 6.45) is -4.61. The number of thiazole rings is 1. The standard InChI is InChI=1S/C10H14F3N3OS/c11-10(12,13)4-3-8(17)15-5-1-2-7-6-18-9(14)16-7/h6H,1-5H2,(H2,14,16)(H,15,17). The summed E-state index contributed by atoms with van der Waals surface area (Å²) in [6, 6.07) is 0. The SMILES string of the molecule is Nc1nc(CCCNC(=O)CCC(F)(F)F)cs1. The fourth-order valence-electron chi connectivity index (χ4n) is 1.28. The van der Waals surface area contributed by atoms with Gasteiger partial charge in [0, 0.05) is 18.3 Å². The highest BCUT2D eigenvalue weighted by molar-refractivity contribution is 7.13. The molecule has 3 N–H and O–H groups in total. The summed E-state index contributed by atoms with van der Waals surface area (Å²) in [5.74, 6) is -0.579. The molecular weight excluding hydrogens is 267 g/mol. The minimum Gasteiger partial charge on any atom is -0.375 e. The molecular formula is C10H14F3N3OS. The zero-order chi connectivity index (χ0) is 13.6. The highest BCUT2D eigenvalue weighted by atomic mass is 32.1. The number of anilines is 1. The van der Waals surface area contributed by atoms with Gasteiger partial charge in [-0.05, 0) is 12.8 Å². The Labute approximate surface area is 106 Å². The number of hydrogen-bond acceptors (Lipinski definition) is 4. The number of carbonyl (C=O) groups is 1. The largest absolute Gasteiger partial charge is 0.389 e.